The van der Waals surface area contributed by atoms with Gasteiger partial charge in [-0.25, -0.2) is 0 Å². The van der Waals surface area contributed by atoms with Crippen molar-refractivity contribution in [1.29, 1.82) is 0 Å². The number of ether oxygens (including phenoxy) is 2. The van der Waals surface area contributed by atoms with E-state index in [0.717, 1.165) is 165 Å². The van der Waals surface area contributed by atoms with Crippen molar-refractivity contribution >= 4 is 137 Å². The van der Waals surface area contributed by atoms with Gasteiger partial charge < -0.3 is 38.1 Å². The maximum absolute atomic E-state index is 11.8. The van der Waals surface area contributed by atoms with Crippen LogP contribution in [0.4, 0.5) is 0 Å². The lowest BCUT2D eigenvalue weighted by Gasteiger charge is -2.09. The van der Waals surface area contributed by atoms with Crippen molar-refractivity contribution < 1.29 is 33.4 Å². The highest BCUT2D eigenvalue weighted by atomic mass is 32.1. The number of fused-ring (bicyclic) bond motifs is 5. The number of pyridine rings is 3. The average Bonchev–Trinajstić information content (AvgIpc) is 1.64. The number of hydrogen-bond acceptors (Lipinski definition) is 25. The minimum absolute atomic E-state index is 0.219. The smallest absolute Gasteiger partial charge is 0.270 e. The number of benzene rings is 5. The molecular weight excluding hydrogens is 1730 g/mol. The summed E-state index contributed by atoms with van der Waals surface area (Å²) in [6, 6.07) is 63.5. The van der Waals surface area contributed by atoms with Gasteiger partial charge in [-0.15, -0.1) is 82.2 Å². The summed E-state index contributed by atoms with van der Waals surface area (Å²) in [5.41, 5.74) is 49.4. The Morgan fingerprint density at radius 1 is 0.323 bits per heavy atom. The fourth-order valence-electron chi connectivity index (χ4n) is 14.3. The molecule has 2 aliphatic heterocycles. The minimum atomic E-state index is -0.563. The zero-order chi connectivity index (χ0) is 90.5. The maximum Gasteiger partial charge on any atom is 0.270 e. The predicted molar refractivity (Wildman–Crippen MR) is 515 cm³/mol. The van der Waals surface area contributed by atoms with E-state index in [2.05, 4.69) is 252 Å². The monoisotopic (exact) mass is 1810 g/mol. The third kappa shape index (κ3) is 20.8. The zero-order valence-electron chi connectivity index (χ0n) is 70.9. The van der Waals surface area contributed by atoms with Crippen molar-refractivity contribution in [1.82, 2.24) is 65.9 Å². The molecule has 5 amide bonds. The van der Waals surface area contributed by atoms with E-state index >= 15 is 0 Å². The van der Waals surface area contributed by atoms with Crippen molar-refractivity contribution in [3.63, 3.8) is 0 Å². The number of thiophene rings is 5. The first kappa shape index (κ1) is 88.1. The van der Waals surface area contributed by atoms with Crippen molar-refractivity contribution in [2.45, 2.75) is 73.1 Å². The van der Waals surface area contributed by atoms with E-state index in [0.29, 0.717) is 38.7 Å². The van der Waals surface area contributed by atoms with Gasteiger partial charge >= 0.3 is 0 Å². The highest BCUT2D eigenvalue weighted by Crippen LogP contribution is 2.43. The number of nitrogens with zero attached hydrogens (tertiary/aromatic N) is 13. The highest BCUT2D eigenvalue weighted by molar-refractivity contribution is 7.24. The van der Waals surface area contributed by atoms with Gasteiger partial charge in [0, 0.05) is 121 Å². The van der Waals surface area contributed by atoms with E-state index in [4.69, 9.17) is 38.1 Å². The number of nitrogens with two attached hydrogens (primary N) is 5. The van der Waals surface area contributed by atoms with Gasteiger partial charge in [0.15, 0.2) is 28.5 Å². The lowest BCUT2D eigenvalue weighted by molar-refractivity contribution is 0.0988. The van der Waals surface area contributed by atoms with Crippen LogP contribution in [0.15, 0.2) is 273 Å². The van der Waals surface area contributed by atoms with Crippen LogP contribution in [-0.2, 0) is 41.6 Å². The Morgan fingerprint density at radius 2 is 0.592 bits per heavy atom. The molecule has 130 heavy (non-hydrogen) atoms. The maximum atomic E-state index is 11.8. The molecule has 0 saturated carbocycles. The molecule has 10 N–H and O–H groups in total. The van der Waals surface area contributed by atoms with E-state index in [1.165, 1.54) is 84.5 Å². The van der Waals surface area contributed by atoms with E-state index in [1.54, 1.807) is 37.4 Å². The molecule has 644 valence electrons. The third-order valence-corrected chi connectivity index (χ3v) is 27.0. The molecule has 5 aromatic carbocycles. The summed E-state index contributed by atoms with van der Waals surface area (Å²) < 4.78 is 14.5. The number of carbonyl (C=O) groups is 5. The molecular formula is C100H82N18O7S5. The molecule has 0 bridgehead atoms. The second-order valence-electron chi connectivity index (χ2n) is 30.8. The van der Waals surface area contributed by atoms with Crippen LogP contribution >= 0.6 is 56.7 Å². The summed E-state index contributed by atoms with van der Waals surface area (Å²) in [6.07, 6.45) is 25.5. The lowest BCUT2D eigenvalue weighted by Crippen LogP contribution is -2.15. The summed E-state index contributed by atoms with van der Waals surface area (Å²) in [5, 5.41) is 46.4. The van der Waals surface area contributed by atoms with Crippen molar-refractivity contribution in [2.75, 3.05) is 6.61 Å². The van der Waals surface area contributed by atoms with E-state index in [1.807, 2.05) is 73.2 Å². The Bertz CT molecular complexity index is 6980. The van der Waals surface area contributed by atoms with Crippen LogP contribution in [0.2, 0.25) is 0 Å². The first-order chi connectivity index (χ1) is 63.1. The van der Waals surface area contributed by atoms with Gasteiger partial charge in [0.2, 0.25) is 0 Å². The molecule has 18 aromatic rings. The first-order valence-corrected chi connectivity index (χ1v) is 45.1. The highest BCUT2D eigenvalue weighted by Gasteiger charge is 2.25. The Labute approximate surface area is 766 Å². The van der Waals surface area contributed by atoms with Crippen molar-refractivity contribution in [3.8, 4) is 52.2 Å². The average molecular weight is 1810 g/mol. The second-order valence-corrected chi connectivity index (χ2v) is 36.0. The fraction of sp³-hybridized carbons (Fsp3) is 0.120. The summed E-state index contributed by atoms with van der Waals surface area (Å²) in [4.78, 5) is 76.7. The Balaban J connectivity index is 0.000000119. The van der Waals surface area contributed by atoms with E-state index < -0.39 is 29.5 Å². The molecule has 25 nitrogen and oxygen atoms in total. The molecule has 0 atom stereocenters. The lowest BCUT2D eigenvalue weighted by atomic mass is 10.0. The standard InChI is InChI=1S/3C20H16N4OS.2C20H17N3O2S/c3*1-12-4-6-14(7-5-12)17-10-15-16(9-13-3-2-8-22-11-13)23-24-18(20(21)25)19(15)26-17;2*1-12-4-6-14(7-5-12)17-10-15-16(9-13-3-2-8-25-11-13)22-23-18(20(21)24)19(15)26-17/h3*2-8,10-11H,9H2,1H3,(H2,21,25);2,4-8,10-11H,3,9H2,1H3,(H2,21,24);2-7,10-11H,8-9H2,1H3,(H2,21,24). The summed E-state index contributed by atoms with van der Waals surface area (Å²) >= 11 is 7.59. The number of carbonyl (C=O) groups excluding carboxylic acids is 5. The normalized spacial score (nSPS) is 12.0. The van der Waals surface area contributed by atoms with Gasteiger partial charge in [-0.2, -0.15) is 25.5 Å². The molecule has 13 aromatic heterocycles. The van der Waals surface area contributed by atoms with Gasteiger partial charge in [-0.05, 0) is 157 Å². The quantitative estimate of drug-likeness (QED) is 0.0473. The molecule has 2 aliphatic rings. The number of allylic oxidation sites excluding steroid dienone is 4. The number of amides is 5. The summed E-state index contributed by atoms with van der Waals surface area (Å²) in [5.74, 6) is -2.81. The molecule has 0 fully saturated rings. The number of aryl methyl sites for hydroxylation is 5. The molecule has 0 radical (unpaired) electrons. The first-order valence-electron chi connectivity index (χ1n) is 41.0. The fourth-order valence-corrected chi connectivity index (χ4v) is 20.2. The van der Waals surface area contributed by atoms with Gasteiger partial charge in [0.1, 0.15) is 6.61 Å². The topological polar surface area (TPSA) is 401 Å². The van der Waals surface area contributed by atoms with Gasteiger partial charge in [-0.3, -0.25) is 38.9 Å². The van der Waals surface area contributed by atoms with Gasteiger partial charge in [0.25, 0.3) is 29.5 Å². The van der Waals surface area contributed by atoms with Crippen LogP contribution < -0.4 is 28.7 Å². The second kappa shape index (κ2) is 40.1. The van der Waals surface area contributed by atoms with Crippen LogP contribution in [-0.4, -0.2) is 102 Å². The molecule has 0 unspecified atom stereocenters. The van der Waals surface area contributed by atoms with Crippen molar-refractivity contribution in [2.24, 2.45) is 28.7 Å². The molecule has 30 heteroatoms. The number of primary amides is 5. The predicted octanol–water partition coefficient (Wildman–Crippen LogP) is 19.2. The third-order valence-electron chi connectivity index (χ3n) is 21.1. The van der Waals surface area contributed by atoms with Crippen LogP contribution in [0.25, 0.3) is 103 Å². The van der Waals surface area contributed by atoms with Crippen LogP contribution in [0.5, 0.6) is 0 Å². The minimum Gasteiger partial charge on any atom is -0.497 e. The Kier molecular flexibility index (Phi) is 27.2. The number of aromatic nitrogens is 13. The summed E-state index contributed by atoms with van der Waals surface area (Å²) in [6.45, 7) is 10.9. The molecule has 15 heterocycles. The van der Waals surface area contributed by atoms with Crippen LogP contribution in [0, 0.1) is 34.6 Å². The Hall–Kier alpha value is -15.3. The van der Waals surface area contributed by atoms with Gasteiger partial charge in [0.05, 0.1) is 70.8 Å². The Morgan fingerprint density at radius 3 is 0.823 bits per heavy atom. The van der Waals surface area contributed by atoms with Crippen LogP contribution in [0.3, 0.4) is 0 Å². The van der Waals surface area contributed by atoms with E-state index in [-0.39, 0.29) is 28.5 Å². The van der Waals surface area contributed by atoms with E-state index in [9.17, 15) is 24.0 Å². The zero-order valence-corrected chi connectivity index (χ0v) is 75.0. The molecule has 20 rings (SSSR count). The van der Waals surface area contributed by atoms with Crippen LogP contribution in [0.1, 0.15) is 132 Å². The number of rotatable bonds is 20. The SMILES string of the molecule is Cc1ccc(-c2cc3c(CC4=COC=CC4)nnc(C(N)=O)c3s2)cc1.Cc1ccc(-c2cc3c(CC4=COCC=C4)nnc(C(N)=O)c3s2)cc1.Cc1ccc(-c2cc3c(Cc4cccnc4)nnc(C(N)=O)c3s2)cc1.Cc1ccc(-c2cc3c(Cc4cccnc4)nnc(C(N)=O)c3s2)cc1.Cc1ccc(-c2cc3c(Cc4cccnc4)nnc(C(N)=O)c3s2)cc1. The molecule has 0 saturated heterocycles. The molecule has 0 aliphatic carbocycles. The largest absolute Gasteiger partial charge is 0.497 e. The summed E-state index contributed by atoms with van der Waals surface area (Å²) in [7, 11) is 0. The van der Waals surface area contributed by atoms with Crippen molar-refractivity contribution in [3.05, 3.63) is 375 Å². The number of hydrogen-bond donors (Lipinski definition) is 5. The molecule has 0 spiro atoms. The van der Waals surface area contributed by atoms with Gasteiger partial charge in [-0.1, -0.05) is 173 Å².